The van der Waals surface area contributed by atoms with E-state index >= 15 is 0 Å². The normalized spacial score (nSPS) is 13.0. The van der Waals surface area contributed by atoms with Crippen molar-refractivity contribution in [3.05, 3.63) is 23.8 Å². The summed E-state index contributed by atoms with van der Waals surface area (Å²) < 4.78 is 4.64. The SMILES string of the molecule is COC(=O)CCN1CCc2cc(SC#N)ccc21. The van der Waals surface area contributed by atoms with Gasteiger partial charge in [-0.25, -0.2) is 0 Å². The first-order valence-corrected chi connectivity index (χ1v) is 6.57. The first kappa shape index (κ1) is 12.8. The predicted molar refractivity (Wildman–Crippen MR) is 70.5 cm³/mol. The van der Waals surface area contributed by atoms with Gasteiger partial charge in [0, 0.05) is 23.7 Å². The minimum atomic E-state index is -0.180. The van der Waals surface area contributed by atoms with Gasteiger partial charge in [0.2, 0.25) is 0 Å². The molecule has 1 heterocycles. The number of hydrogen-bond donors (Lipinski definition) is 0. The van der Waals surface area contributed by atoms with Crippen molar-refractivity contribution in [1.82, 2.24) is 0 Å². The number of esters is 1. The second-order valence-electron chi connectivity index (χ2n) is 4.05. The first-order chi connectivity index (χ1) is 8.74. The molecule has 0 aliphatic carbocycles. The quantitative estimate of drug-likeness (QED) is 0.473. The van der Waals surface area contributed by atoms with Crippen LogP contribution in [0.4, 0.5) is 5.69 Å². The zero-order valence-electron chi connectivity index (χ0n) is 10.2. The third-order valence-corrected chi connectivity index (χ3v) is 3.60. The number of nitrogens with zero attached hydrogens (tertiary/aromatic N) is 2. The third kappa shape index (κ3) is 2.77. The maximum atomic E-state index is 11.1. The van der Waals surface area contributed by atoms with E-state index in [-0.39, 0.29) is 5.97 Å². The molecule has 0 aromatic heterocycles. The minimum absolute atomic E-state index is 0.180. The fourth-order valence-electron chi connectivity index (χ4n) is 2.12. The highest BCUT2D eigenvalue weighted by Gasteiger charge is 2.19. The van der Waals surface area contributed by atoms with Crippen LogP contribution >= 0.6 is 11.8 Å². The molecule has 18 heavy (non-hydrogen) atoms. The average Bonchev–Trinajstić information content (AvgIpc) is 2.79. The Labute approximate surface area is 111 Å². The maximum absolute atomic E-state index is 11.1. The van der Waals surface area contributed by atoms with Crippen molar-refractivity contribution in [1.29, 1.82) is 5.26 Å². The number of anilines is 1. The Morgan fingerprint density at radius 3 is 3.17 bits per heavy atom. The van der Waals surface area contributed by atoms with Gasteiger partial charge in [-0.05, 0) is 41.9 Å². The van der Waals surface area contributed by atoms with Crippen LogP contribution < -0.4 is 4.90 Å². The molecule has 2 rings (SSSR count). The van der Waals surface area contributed by atoms with E-state index in [9.17, 15) is 4.79 Å². The fraction of sp³-hybridized carbons (Fsp3) is 0.385. The van der Waals surface area contributed by atoms with Gasteiger partial charge in [0.25, 0.3) is 0 Å². The van der Waals surface area contributed by atoms with Crippen molar-refractivity contribution >= 4 is 23.4 Å². The van der Waals surface area contributed by atoms with Crippen LogP contribution in [0.15, 0.2) is 23.1 Å². The van der Waals surface area contributed by atoms with Gasteiger partial charge >= 0.3 is 5.97 Å². The Bertz CT molecular complexity index is 496. The molecule has 1 aliphatic rings. The van der Waals surface area contributed by atoms with Gasteiger partial charge in [0.1, 0.15) is 5.40 Å². The Morgan fingerprint density at radius 2 is 2.44 bits per heavy atom. The summed E-state index contributed by atoms with van der Waals surface area (Å²) >= 11 is 1.18. The number of thiocyanates is 1. The number of thioether (sulfide) groups is 1. The van der Waals surface area contributed by atoms with E-state index in [2.05, 4.69) is 21.1 Å². The summed E-state index contributed by atoms with van der Waals surface area (Å²) in [6.07, 6.45) is 1.38. The number of fused-ring (bicyclic) bond motifs is 1. The van der Waals surface area contributed by atoms with Gasteiger partial charge in [-0.1, -0.05) is 0 Å². The number of ether oxygens (including phenoxy) is 1. The van der Waals surface area contributed by atoms with Crippen molar-refractivity contribution < 1.29 is 9.53 Å². The van der Waals surface area contributed by atoms with Crippen LogP contribution in [0.1, 0.15) is 12.0 Å². The molecule has 0 spiro atoms. The number of carbonyl (C=O) groups excluding carboxylic acids is 1. The second-order valence-corrected chi connectivity index (χ2v) is 4.91. The predicted octanol–water partition coefficient (Wildman–Crippen LogP) is 2.19. The summed E-state index contributed by atoms with van der Waals surface area (Å²) in [6, 6.07) is 6.03. The van der Waals surface area contributed by atoms with Crippen molar-refractivity contribution in [3.63, 3.8) is 0 Å². The lowest BCUT2D eigenvalue weighted by Crippen LogP contribution is -2.24. The van der Waals surface area contributed by atoms with Gasteiger partial charge in [-0.15, -0.1) is 0 Å². The monoisotopic (exact) mass is 262 g/mol. The molecule has 0 saturated carbocycles. The molecule has 0 atom stereocenters. The standard InChI is InChI=1S/C13H14N2O2S/c1-17-13(16)5-7-15-6-4-10-8-11(18-9-14)2-3-12(10)15/h2-3,8H,4-7H2,1H3. The van der Waals surface area contributed by atoms with Crippen LogP contribution in [0.5, 0.6) is 0 Å². The molecule has 1 aromatic rings. The second kappa shape index (κ2) is 5.78. The largest absolute Gasteiger partial charge is 0.469 e. The number of rotatable bonds is 4. The van der Waals surface area contributed by atoms with Crippen molar-refractivity contribution in [2.75, 3.05) is 25.1 Å². The summed E-state index contributed by atoms with van der Waals surface area (Å²) in [4.78, 5) is 14.3. The van der Waals surface area contributed by atoms with E-state index in [1.807, 2.05) is 12.1 Å². The van der Waals surface area contributed by atoms with E-state index in [1.54, 1.807) is 0 Å². The number of nitriles is 1. The number of carbonyl (C=O) groups is 1. The molecular weight excluding hydrogens is 248 g/mol. The fourth-order valence-corrected chi connectivity index (χ4v) is 2.57. The van der Waals surface area contributed by atoms with Gasteiger partial charge in [0.05, 0.1) is 13.5 Å². The van der Waals surface area contributed by atoms with E-state index in [0.717, 1.165) is 17.9 Å². The molecule has 94 valence electrons. The van der Waals surface area contributed by atoms with Crippen molar-refractivity contribution in [2.45, 2.75) is 17.7 Å². The van der Waals surface area contributed by atoms with E-state index < -0.39 is 0 Å². The number of hydrogen-bond acceptors (Lipinski definition) is 5. The Hall–Kier alpha value is -1.67. The van der Waals surface area contributed by atoms with E-state index in [1.165, 1.54) is 30.1 Å². The number of methoxy groups -OCH3 is 1. The summed E-state index contributed by atoms with van der Waals surface area (Å²) in [5.41, 5.74) is 2.42. The minimum Gasteiger partial charge on any atom is -0.469 e. The molecule has 1 aliphatic heterocycles. The van der Waals surface area contributed by atoms with Crippen LogP contribution in [0.3, 0.4) is 0 Å². The lowest BCUT2D eigenvalue weighted by molar-refractivity contribution is -0.140. The smallest absolute Gasteiger partial charge is 0.307 e. The first-order valence-electron chi connectivity index (χ1n) is 5.75. The van der Waals surface area contributed by atoms with Gasteiger partial charge in [-0.3, -0.25) is 4.79 Å². The van der Waals surface area contributed by atoms with Crippen molar-refractivity contribution in [3.8, 4) is 5.40 Å². The zero-order chi connectivity index (χ0) is 13.0. The molecule has 1 aromatic carbocycles. The van der Waals surface area contributed by atoms with Gasteiger partial charge in [0.15, 0.2) is 0 Å². The maximum Gasteiger partial charge on any atom is 0.307 e. The Balaban J connectivity index is 2.05. The van der Waals surface area contributed by atoms with Crippen LogP contribution in [-0.4, -0.2) is 26.2 Å². The van der Waals surface area contributed by atoms with E-state index in [0.29, 0.717) is 13.0 Å². The Morgan fingerprint density at radius 1 is 1.61 bits per heavy atom. The molecule has 4 nitrogen and oxygen atoms in total. The molecule has 0 amide bonds. The molecule has 0 saturated heterocycles. The molecule has 0 radical (unpaired) electrons. The van der Waals surface area contributed by atoms with Crippen LogP contribution in [0.25, 0.3) is 0 Å². The highest BCUT2D eigenvalue weighted by molar-refractivity contribution is 8.03. The molecule has 0 unspecified atom stereocenters. The molecule has 0 N–H and O–H groups in total. The highest BCUT2D eigenvalue weighted by Crippen LogP contribution is 2.31. The zero-order valence-corrected chi connectivity index (χ0v) is 11.0. The van der Waals surface area contributed by atoms with E-state index in [4.69, 9.17) is 5.26 Å². The summed E-state index contributed by atoms with van der Waals surface area (Å²) in [5.74, 6) is -0.180. The van der Waals surface area contributed by atoms with Crippen LogP contribution in [0, 0.1) is 10.7 Å². The van der Waals surface area contributed by atoms with Gasteiger partial charge < -0.3 is 9.64 Å². The van der Waals surface area contributed by atoms with Crippen LogP contribution in [-0.2, 0) is 16.0 Å². The summed E-state index contributed by atoms with van der Waals surface area (Å²) in [5, 5.41) is 10.7. The highest BCUT2D eigenvalue weighted by atomic mass is 32.2. The number of benzene rings is 1. The molecule has 0 fully saturated rings. The summed E-state index contributed by atoms with van der Waals surface area (Å²) in [7, 11) is 1.41. The average molecular weight is 262 g/mol. The molecular formula is C13H14N2O2S. The topological polar surface area (TPSA) is 53.3 Å². The molecule has 5 heteroatoms. The van der Waals surface area contributed by atoms with Crippen molar-refractivity contribution in [2.24, 2.45) is 0 Å². The third-order valence-electron chi connectivity index (χ3n) is 3.02. The molecule has 0 bridgehead atoms. The Kier molecular flexibility index (Phi) is 4.11. The summed E-state index contributed by atoms with van der Waals surface area (Å²) in [6.45, 7) is 1.61. The van der Waals surface area contributed by atoms with Gasteiger partial charge in [-0.2, -0.15) is 5.26 Å². The lowest BCUT2D eigenvalue weighted by atomic mass is 10.2. The van der Waals surface area contributed by atoms with Crippen LogP contribution in [0.2, 0.25) is 0 Å². The lowest BCUT2D eigenvalue weighted by Gasteiger charge is -2.18.